The Morgan fingerprint density at radius 1 is 1.43 bits per heavy atom. The Bertz CT molecular complexity index is 302. The molecule has 1 aliphatic rings. The van der Waals surface area contributed by atoms with Crippen molar-refractivity contribution in [1.29, 1.82) is 0 Å². The van der Waals surface area contributed by atoms with Crippen molar-refractivity contribution >= 4 is 15.9 Å². The van der Waals surface area contributed by atoms with Gasteiger partial charge in [-0.1, -0.05) is 0 Å². The number of halogens is 1. The van der Waals surface area contributed by atoms with Crippen LogP contribution >= 0.6 is 15.9 Å². The predicted molar refractivity (Wildman–Crippen MR) is 55.8 cm³/mol. The second-order valence-electron chi connectivity index (χ2n) is 3.18. The minimum Gasteiger partial charge on any atom is -0.379 e. The summed E-state index contributed by atoms with van der Waals surface area (Å²) in [6.07, 6.45) is 1.77. The summed E-state index contributed by atoms with van der Waals surface area (Å²) < 4.78 is 6.11. The van der Waals surface area contributed by atoms with E-state index in [1.165, 1.54) is 0 Å². The van der Waals surface area contributed by atoms with Gasteiger partial charge in [0.25, 0.3) is 0 Å². The van der Waals surface area contributed by atoms with E-state index in [1.54, 1.807) is 6.20 Å². The van der Waals surface area contributed by atoms with Crippen molar-refractivity contribution in [3.63, 3.8) is 0 Å². The van der Waals surface area contributed by atoms with E-state index < -0.39 is 0 Å². The molecule has 0 radical (unpaired) electrons. The summed E-state index contributed by atoms with van der Waals surface area (Å²) in [5.74, 6) is 0.862. The fourth-order valence-electron chi connectivity index (χ4n) is 1.41. The second kappa shape index (κ2) is 4.82. The molecular formula is C9H12BrN3O. The topological polar surface area (TPSA) is 38.2 Å². The maximum absolute atomic E-state index is 5.27. The van der Waals surface area contributed by atoms with Crippen LogP contribution in [0.3, 0.4) is 0 Å². The average molecular weight is 258 g/mol. The van der Waals surface area contributed by atoms with E-state index in [4.69, 9.17) is 4.74 Å². The SMILES string of the molecule is Brc1ccnc(CN2CCOCC2)n1. The highest BCUT2D eigenvalue weighted by Crippen LogP contribution is 2.06. The first-order valence-corrected chi connectivity index (χ1v) is 5.41. The maximum atomic E-state index is 5.27. The van der Waals surface area contributed by atoms with Crippen molar-refractivity contribution in [2.75, 3.05) is 26.3 Å². The second-order valence-corrected chi connectivity index (χ2v) is 4.00. The maximum Gasteiger partial charge on any atom is 0.143 e. The van der Waals surface area contributed by atoms with Gasteiger partial charge in [-0.2, -0.15) is 0 Å². The number of morpholine rings is 1. The standard InChI is InChI=1S/C9H12BrN3O/c10-8-1-2-11-9(12-8)7-13-3-5-14-6-4-13/h1-2H,3-7H2. The van der Waals surface area contributed by atoms with E-state index in [0.717, 1.165) is 43.3 Å². The van der Waals surface area contributed by atoms with Gasteiger partial charge in [0.05, 0.1) is 19.8 Å². The molecule has 0 bridgehead atoms. The Labute approximate surface area is 91.4 Å². The molecule has 1 aromatic rings. The molecule has 4 nitrogen and oxygen atoms in total. The minimum absolute atomic E-state index is 0.808. The average Bonchev–Trinajstić information content (AvgIpc) is 2.19. The molecule has 0 aromatic carbocycles. The highest BCUT2D eigenvalue weighted by molar-refractivity contribution is 9.10. The molecule has 0 saturated carbocycles. The zero-order chi connectivity index (χ0) is 9.80. The molecule has 1 aromatic heterocycles. The molecule has 14 heavy (non-hydrogen) atoms. The zero-order valence-corrected chi connectivity index (χ0v) is 9.40. The highest BCUT2D eigenvalue weighted by Gasteiger charge is 2.11. The summed E-state index contributed by atoms with van der Waals surface area (Å²) in [4.78, 5) is 10.8. The third kappa shape index (κ3) is 2.73. The molecule has 0 unspecified atom stereocenters. The van der Waals surface area contributed by atoms with Gasteiger partial charge >= 0.3 is 0 Å². The van der Waals surface area contributed by atoms with Crippen LogP contribution in [0.15, 0.2) is 16.9 Å². The predicted octanol–water partition coefficient (Wildman–Crippen LogP) is 1.07. The molecule has 1 fully saturated rings. The van der Waals surface area contributed by atoms with Crippen LogP contribution < -0.4 is 0 Å². The number of aromatic nitrogens is 2. The normalized spacial score (nSPS) is 18.4. The van der Waals surface area contributed by atoms with Gasteiger partial charge in [0.2, 0.25) is 0 Å². The largest absolute Gasteiger partial charge is 0.379 e. The molecule has 2 rings (SSSR count). The smallest absolute Gasteiger partial charge is 0.143 e. The lowest BCUT2D eigenvalue weighted by Crippen LogP contribution is -2.36. The third-order valence-electron chi connectivity index (χ3n) is 2.14. The number of ether oxygens (including phenoxy) is 1. The lowest BCUT2D eigenvalue weighted by Gasteiger charge is -2.25. The Kier molecular flexibility index (Phi) is 3.44. The number of hydrogen-bond donors (Lipinski definition) is 0. The molecule has 76 valence electrons. The van der Waals surface area contributed by atoms with E-state index in [1.807, 2.05) is 6.07 Å². The number of nitrogens with zero attached hydrogens (tertiary/aromatic N) is 3. The first-order valence-electron chi connectivity index (χ1n) is 4.62. The van der Waals surface area contributed by atoms with Crippen LogP contribution in [0.1, 0.15) is 5.82 Å². The van der Waals surface area contributed by atoms with Crippen molar-refractivity contribution in [2.45, 2.75) is 6.54 Å². The van der Waals surface area contributed by atoms with Gasteiger partial charge in [-0.25, -0.2) is 9.97 Å². The van der Waals surface area contributed by atoms with Crippen molar-refractivity contribution in [2.24, 2.45) is 0 Å². The molecule has 2 heterocycles. The van der Waals surface area contributed by atoms with Gasteiger partial charge in [-0.05, 0) is 22.0 Å². The van der Waals surface area contributed by atoms with Crippen LogP contribution in [0.4, 0.5) is 0 Å². The van der Waals surface area contributed by atoms with E-state index in [0.29, 0.717) is 0 Å². The summed E-state index contributed by atoms with van der Waals surface area (Å²) in [6, 6.07) is 1.84. The van der Waals surface area contributed by atoms with E-state index in [9.17, 15) is 0 Å². The van der Waals surface area contributed by atoms with Gasteiger partial charge in [-0.3, -0.25) is 4.90 Å². The summed E-state index contributed by atoms with van der Waals surface area (Å²) in [5.41, 5.74) is 0. The Balaban J connectivity index is 1.95. The Hall–Kier alpha value is -0.520. The quantitative estimate of drug-likeness (QED) is 0.744. The summed E-state index contributed by atoms with van der Waals surface area (Å²) >= 11 is 3.33. The number of hydrogen-bond acceptors (Lipinski definition) is 4. The van der Waals surface area contributed by atoms with Gasteiger partial charge in [0.1, 0.15) is 10.4 Å². The lowest BCUT2D eigenvalue weighted by atomic mass is 10.4. The van der Waals surface area contributed by atoms with Crippen LogP contribution in [0.25, 0.3) is 0 Å². The van der Waals surface area contributed by atoms with Crippen molar-refractivity contribution in [3.05, 3.63) is 22.7 Å². The van der Waals surface area contributed by atoms with Crippen LogP contribution in [0.2, 0.25) is 0 Å². The molecule has 5 heteroatoms. The van der Waals surface area contributed by atoms with Gasteiger partial charge in [0.15, 0.2) is 0 Å². The monoisotopic (exact) mass is 257 g/mol. The minimum atomic E-state index is 0.808. The van der Waals surface area contributed by atoms with Crippen LogP contribution in [-0.2, 0) is 11.3 Å². The third-order valence-corrected chi connectivity index (χ3v) is 2.58. The Morgan fingerprint density at radius 3 is 2.93 bits per heavy atom. The Morgan fingerprint density at radius 2 is 2.21 bits per heavy atom. The number of rotatable bonds is 2. The van der Waals surface area contributed by atoms with Gasteiger partial charge < -0.3 is 4.74 Å². The summed E-state index contributed by atoms with van der Waals surface area (Å²) in [7, 11) is 0. The first-order chi connectivity index (χ1) is 6.84. The molecular weight excluding hydrogens is 246 g/mol. The van der Waals surface area contributed by atoms with Crippen LogP contribution in [-0.4, -0.2) is 41.2 Å². The van der Waals surface area contributed by atoms with Crippen molar-refractivity contribution in [1.82, 2.24) is 14.9 Å². The fraction of sp³-hybridized carbons (Fsp3) is 0.556. The van der Waals surface area contributed by atoms with Crippen LogP contribution in [0, 0.1) is 0 Å². The molecule has 1 saturated heterocycles. The molecule has 0 atom stereocenters. The molecule has 0 spiro atoms. The van der Waals surface area contributed by atoms with Gasteiger partial charge in [-0.15, -0.1) is 0 Å². The first kappa shape index (κ1) is 10.0. The van der Waals surface area contributed by atoms with Crippen molar-refractivity contribution < 1.29 is 4.74 Å². The molecule has 0 aliphatic carbocycles. The zero-order valence-electron chi connectivity index (χ0n) is 7.82. The van der Waals surface area contributed by atoms with E-state index in [2.05, 4.69) is 30.8 Å². The van der Waals surface area contributed by atoms with E-state index in [-0.39, 0.29) is 0 Å². The molecule has 0 amide bonds. The molecule has 0 N–H and O–H groups in total. The van der Waals surface area contributed by atoms with Gasteiger partial charge in [0, 0.05) is 19.3 Å². The summed E-state index contributed by atoms with van der Waals surface area (Å²) in [6.45, 7) is 4.37. The van der Waals surface area contributed by atoms with Crippen molar-refractivity contribution in [3.8, 4) is 0 Å². The summed E-state index contributed by atoms with van der Waals surface area (Å²) in [5, 5.41) is 0. The lowest BCUT2D eigenvalue weighted by molar-refractivity contribution is 0.0330. The van der Waals surface area contributed by atoms with E-state index >= 15 is 0 Å². The highest BCUT2D eigenvalue weighted by atomic mass is 79.9. The van der Waals surface area contributed by atoms with Crippen LogP contribution in [0.5, 0.6) is 0 Å². The molecule has 1 aliphatic heterocycles. The fourth-order valence-corrected chi connectivity index (χ4v) is 1.73.